The van der Waals surface area contributed by atoms with Crippen LogP contribution in [0.3, 0.4) is 0 Å². The number of benzene rings is 3. The number of hydrogen-bond donors (Lipinski definition) is 1. The van der Waals surface area contributed by atoms with Crippen LogP contribution in [0.25, 0.3) is 5.76 Å². The fourth-order valence-corrected chi connectivity index (χ4v) is 4.26. The number of likely N-dealkylation sites (tertiary alicyclic amines) is 1. The summed E-state index contributed by atoms with van der Waals surface area (Å²) in [6, 6.07) is 17.3. The number of rotatable bonds is 6. The van der Waals surface area contributed by atoms with Crippen molar-refractivity contribution in [2.75, 3.05) is 14.2 Å². The Bertz CT molecular complexity index is 1300. The number of aliphatic hydroxyl groups is 1. The Morgan fingerprint density at radius 2 is 1.71 bits per heavy atom. The van der Waals surface area contributed by atoms with Gasteiger partial charge in [0.1, 0.15) is 23.1 Å². The molecule has 34 heavy (non-hydrogen) atoms. The van der Waals surface area contributed by atoms with Crippen LogP contribution in [0.15, 0.2) is 72.3 Å². The minimum Gasteiger partial charge on any atom is -0.507 e. The van der Waals surface area contributed by atoms with Gasteiger partial charge < -0.3 is 19.5 Å². The van der Waals surface area contributed by atoms with E-state index in [4.69, 9.17) is 9.47 Å². The fraction of sp³-hybridized carbons (Fsp3) is 0.185. The molecule has 1 unspecified atom stereocenters. The Hall–Kier alpha value is -4.13. The summed E-state index contributed by atoms with van der Waals surface area (Å²) in [7, 11) is 2.91. The lowest BCUT2D eigenvalue weighted by molar-refractivity contribution is -0.140. The molecule has 1 heterocycles. The van der Waals surface area contributed by atoms with Crippen molar-refractivity contribution in [3.63, 3.8) is 0 Å². The van der Waals surface area contributed by atoms with Gasteiger partial charge in [0.05, 0.1) is 37.9 Å². The second kappa shape index (κ2) is 9.39. The topological polar surface area (TPSA) is 76.1 Å². The highest BCUT2D eigenvalue weighted by Gasteiger charge is 2.46. The van der Waals surface area contributed by atoms with Crippen LogP contribution in [0.4, 0.5) is 4.39 Å². The van der Waals surface area contributed by atoms with Gasteiger partial charge in [0.15, 0.2) is 0 Å². The summed E-state index contributed by atoms with van der Waals surface area (Å²) < 4.78 is 24.8. The number of carbonyl (C=O) groups excluding carboxylic acids is 2. The molecule has 174 valence electrons. The number of para-hydroxylation sites is 1. The number of halogens is 1. The standard InChI is InChI=1S/C27H24FNO5/c1-16-7-6-9-17(13-16)24-23(25(30)20-14-19(28)11-12-22(20)34-3)26(31)27(32)29(24)15-18-8-4-5-10-21(18)33-2/h4-14,24,30H,15H2,1-3H3/b25-23+. The summed E-state index contributed by atoms with van der Waals surface area (Å²) in [6.07, 6.45) is 0. The fourth-order valence-electron chi connectivity index (χ4n) is 4.26. The third kappa shape index (κ3) is 4.12. The first-order valence-electron chi connectivity index (χ1n) is 10.7. The third-order valence-electron chi connectivity index (χ3n) is 5.85. The molecule has 1 atom stereocenters. The molecule has 0 spiro atoms. The van der Waals surface area contributed by atoms with E-state index in [1.165, 1.54) is 31.3 Å². The predicted octanol–water partition coefficient (Wildman–Crippen LogP) is 4.77. The summed E-state index contributed by atoms with van der Waals surface area (Å²) in [5.74, 6) is -1.99. The van der Waals surface area contributed by atoms with E-state index in [0.29, 0.717) is 16.9 Å². The van der Waals surface area contributed by atoms with Gasteiger partial charge >= 0.3 is 0 Å². The van der Waals surface area contributed by atoms with Crippen LogP contribution in [0, 0.1) is 12.7 Å². The number of nitrogens with zero attached hydrogens (tertiary/aromatic N) is 1. The van der Waals surface area contributed by atoms with Crippen molar-refractivity contribution in [2.45, 2.75) is 19.5 Å². The number of Topliss-reactive ketones (excluding diaryl/α,β-unsaturated/α-hetero) is 1. The van der Waals surface area contributed by atoms with Crippen molar-refractivity contribution in [1.29, 1.82) is 0 Å². The molecule has 1 amide bonds. The number of aryl methyl sites for hydroxylation is 1. The smallest absolute Gasteiger partial charge is 0.295 e. The highest BCUT2D eigenvalue weighted by molar-refractivity contribution is 6.46. The highest BCUT2D eigenvalue weighted by Crippen LogP contribution is 2.42. The van der Waals surface area contributed by atoms with Crippen LogP contribution in [0.1, 0.15) is 28.3 Å². The molecule has 1 saturated heterocycles. The Kier molecular flexibility index (Phi) is 6.36. The van der Waals surface area contributed by atoms with Crippen molar-refractivity contribution < 1.29 is 28.6 Å². The number of amides is 1. The lowest BCUT2D eigenvalue weighted by Gasteiger charge is -2.26. The molecule has 1 fully saturated rings. The van der Waals surface area contributed by atoms with Gasteiger partial charge in [-0.3, -0.25) is 9.59 Å². The van der Waals surface area contributed by atoms with E-state index in [1.54, 1.807) is 18.2 Å². The van der Waals surface area contributed by atoms with Gasteiger partial charge in [-0.25, -0.2) is 4.39 Å². The van der Waals surface area contributed by atoms with E-state index in [1.807, 2.05) is 37.3 Å². The molecular formula is C27H24FNO5. The molecule has 6 nitrogen and oxygen atoms in total. The molecule has 1 N–H and O–H groups in total. The number of methoxy groups -OCH3 is 2. The Morgan fingerprint density at radius 1 is 0.971 bits per heavy atom. The normalized spacial score (nSPS) is 17.2. The molecule has 1 aliphatic rings. The second-order valence-corrected chi connectivity index (χ2v) is 8.00. The van der Waals surface area contributed by atoms with E-state index in [0.717, 1.165) is 11.6 Å². The number of hydrogen-bond acceptors (Lipinski definition) is 5. The zero-order valence-electron chi connectivity index (χ0n) is 19.0. The lowest BCUT2D eigenvalue weighted by Crippen LogP contribution is -2.29. The summed E-state index contributed by atoms with van der Waals surface area (Å²) in [5, 5.41) is 11.2. The van der Waals surface area contributed by atoms with Crippen LogP contribution in [-0.2, 0) is 16.1 Å². The van der Waals surface area contributed by atoms with Gasteiger partial charge in [-0.15, -0.1) is 0 Å². The monoisotopic (exact) mass is 461 g/mol. The summed E-state index contributed by atoms with van der Waals surface area (Å²) in [4.78, 5) is 27.9. The quantitative estimate of drug-likeness (QED) is 0.325. The third-order valence-corrected chi connectivity index (χ3v) is 5.85. The van der Waals surface area contributed by atoms with Crippen molar-refractivity contribution >= 4 is 17.4 Å². The van der Waals surface area contributed by atoms with Crippen LogP contribution >= 0.6 is 0 Å². The maximum Gasteiger partial charge on any atom is 0.295 e. The molecule has 0 bridgehead atoms. The maximum absolute atomic E-state index is 14.1. The number of ketones is 1. The van der Waals surface area contributed by atoms with Crippen molar-refractivity contribution in [2.24, 2.45) is 0 Å². The van der Waals surface area contributed by atoms with Gasteiger partial charge in [0, 0.05) is 5.56 Å². The van der Waals surface area contributed by atoms with E-state index in [2.05, 4.69) is 0 Å². The molecular weight excluding hydrogens is 437 g/mol. The SMILES string of the molecule is COc1ccccc1CN1C(=O)C(=O)/C(=C(/O)c2cc(F)ccc2OC)C1c1cccc(C)c1. The minimum atomic E-state index is -0.891. The summed E-state index contributed by atoms with van der Waals surface area (Å²) in [5.41, 5.74) is 2.13. The van der Waals surface area contributed by atoms with Gasteiger partial charge in [0.2, 0.25) is 0 Å². The van der Waals surface area contributed by atoms with Gasteiger partial charge in [-0.2, -0.15) is 0 Å². The van der Waals surface area contributed by atoms with Crippen LogP contribution in [0.5, 0.6) is 11.5 Å². The number of ether oxygens (including phenoxy) is 2. The Balaban J connectivity index is 1.92. The van der Waals surface area contributed by atoms with E-state index < -0.39 is 29.3 Å². The number of aliphatic hydroxyl groups excluding tert-OH is 1. The minimum absolute atomic E-state index is 0.00422. The van der Waals surface area contributed by atoms with Crippen LogP contribution in [-0.4, -0.2) is 35.9 Å². The molecule has 0 aliphatic carbocycles. The van der Waals surface area contributed by atoms with E-state index in [9.17, 15) is 19.1 Å². The van der Waals surface area contributed by atoms with E-state index >= 15 is 0 Å². The molecule has 0 radical (unpaired) electrons. The molecule has 1 aliphatic heterocycles. The predicted molar refractivity (Wildman–Crippen MR) is 125 cm³/mol. The largest absolute Gasteiger partial charge is 0.507 e. The molecule has 7 heteroatoms. The molecule has 3 aromatic carbocycles. The average molecular weight is 461 g/mol. The van der Waals surface area contributed by atoms with Gasteiger partial charge in [-0.1, -0.05) is 48.0 Å². The molecule has 0 aromatic heterocycles. The van der Waals surface area contributed by atoms with Crippen LogP contribution in [0.2, 0.25) is 0 Å². The first kappa shape index (κ1) is 23.0. The Morgan fingerprint density at radius 3 is 2.41 bits per heavy atom. The Labute approximate surface area is 196 Å². The molecule has 0 saturated carbocycles. The summed E-state index contributed by atoms with van der Waals surface area (Å²) >= 11 is 0. The van der Waals surface area contributed by atoms with Crippen LogP contribution < -0.4 is 9.47 Å². The first-order chi connectivity index (χ1) is 16.3. The van der Waals surface area contributed by atoms with E-state index in [-0.39, 0.29) is 23.4 Å². The van der Waals surface area contributed by atoms with Crippen molar-refractivity contribution in [1.82, 2.24) is 4.90 Å². The zero-order valence-corrected chi connectivity index (χ0v) is 19.0. The number of carbonyl (C=O) groups is 2. The molecule has 4 rings (SSSR count). The second-order valence-electron chi connectivity index (χ2n) is 8.00. The summed E-state index contributed by atoms with van der Waals surface area (Å²) in [6.45, 7) is 1.97. The van der Waals surface area contributed by atoms with Crippen molar-refractivity contribution in [3.8, 4) is 11.5 Å². The van der Waals surface area contributed by atoms with Crippen molar-refractivity contribution in [3.05, 3.63) is 100 Å². The van der Waals surface area contributed by atoms with Gasteiger partial charge in [-0.05, 0) is 36.8 Å². The first-order valence-corrected chi connectivity index (χ1v) is 10.7. The maximum atomic E-state index is 14.1. The highest BCUT2D eigenvalue weighted by atomic mass is 19.1. The average Bonchev–Trinajstić information content (AvgIpc) is 3.09. The van der Waals surface area contributed by atoms with Gasteiger partial charge in [0.25, 0.3) is 11.7 Å². The molecule has 3 aromatic rings. The lowest BCUT2D eigenvalue weighted by atomic mass is 9.94. The zero-order chi connectivity index (χ0) is 24.4.